The Morgan fingerprint density at radius 1 is 1.54 bits per heavy atom. The number of carbonyl (C=O) groups excluding carboxylic acids is 1. The van der Waals surface area contributed by atoms with Gasteiger partial charge in [0.1, 0.15) is 0 Å². The van der Waals surface area contributed by atoms with Crippen molar-refractivity contribution < 1.29 is 9.53 Å². The maximum Gasteiger partial charge on any atom is 0.223 e. The molecular formula is C9H20N2O2. The van der Waals surface area contributed by atoms with Crippen LogP contribution in [0, 0.1) is 0 Å². The van der Waals surface area contributed by atoms with Gasteiger partial charge in [-0.05, 0) is 14.0 Å². The van der Waals surface area contributed by atoms with Crippen LogP contribution in [0.1, 0.15) is 13.3 Å². The van der Waals surface area contributed by atoms with E-state index in [4.69, 9.17) is 4.74 Å². The van der Waals surface area contributed by atoms with Crippen LogP contribution in [0.3, 0.4) is 0 Å². The number of carbonyl (C=O) groups is 1. The number of nitrogens with one attached hydrogen (secondary N) is 1. The molecule has 13 heavy (non-hydrogen) atoms. The SMILES string of the molecule is CCOCCN(C)C(=O)CCNC. The fourth-order valence-corrected chi connectivity index (χ4v) is 0.893. The second kappa shape index (κ2) is 8.01. The third-order valence-corrected chi connectivity index (χ3v) is 1.79. The molecule has 0 aromatic carbocycles. The Labute approximate surface area is 80.2 Å². The Morgan fingerprint density at radius 2 is 2.23 bits per heavy atom. The van der Waals surface area contributed by atoms with E-state index >= 15 is 0 Å². The van der Waals surface area contributed by atoms with Crippen LogP contribution in [0.15, 0.2) is 0 Å². The van der Waals surface area contributed by atoms with E-state index < -0.39 is 0 Å². The minimum absolute atomic E-state index is 0.161. The Bertz CT molecular complexity index is 140. The molecule has 1 N–H and O–H groups in total. The van der Waals surface area contributed by atoms with Crippen molar-refractivity contribution in [2.24, 2.45) is 0 Å². The molecule has 4 nitrogen and oxygen atoms in total. The van der Waals surface area contributed by atoms with Crippen LogP contribution in [0.5, 0.6) is 0 Å². The molecule has 0 saturated carbocycles. The van der Waals surface area contributed by atoms with E-state index in [1.54, 1.807) is 11.9 Å². The van der Waals surface area contributed by atoms with Crippen molar-refractivity contribution in [3.63, 3.8) is 0 Å². The molecule has 0 aromatic rings. The van der Waals surface area contributed by atoms with Gasteiger partial charge >= 0.3 is 0 Å². The largest absolute Gasteiger partial charge is 0.380 e. The molecule has 0 fully saturated rings. The monoisotopic (exact) mass is 188 g/mol. The highest BCUT2D eigenvalue weighted by Gasteiger charge is 2.06. The van der Waals surface area contributed by atoms with E-state index in [1.165, 1.54) is 0 Å². The summed E-state index contributed by atoms with van der Waals surface area (Å²) in [6.07, 6.45) is 0.555. The topological polar surface area (TPSA) is 41.6 Å². The van der Waals surface area contributed by atoms with Gasteiger partial charge in [-0.3, -0.25) is 4.79 Å². The average molecular weight is 188 g/mol. The minimum Gasteiger partial charge on any atom is -0.380 e. The van der Waals surface area contributed by atoms with Crippen molar-refractivity contribution in [2.45, 2.75) is 13.3 Å². The first-order chi connectivity index (χ1) is 6.22. The van der Waals surface area contributed by atoms with Crippen molar-refractivity contribution in [1.29, 1.82) is 0 Å². The van der Waals surface area contributed by atoms with Crippen molar-refractivity contribution in [3.8, 4) is 0 Å². The summed E-state index contributed by atoms with van der Waals surface area (Å²) in [5.74, 6) is 0.161. The predicted molar refractivity (Wildman–Crippen MR) is 52.7 cm³/mol. The fraction of sp³-hybridized carbons (Fsp3) is 0.889. The van der Waals surface area contributed by atoms with Crippen LogP contribution in [0.4, 0.5) is 0 Å². The Balaban J connectivity index is 3.45. The van der Waals surface area contributed by atoms with Crippen LogP contribution >= 0.6 is 0 Å². The second-order valence-electron chi connectivity index (χ2n) is 2.87. The van der Waals surface area contributed by atoms with E-state index in [2.05, 4.69) is 5.32 Å². The first-order valence-corrected chi connectivity index (χ1v) is 4.68. The zero-order chi connectivity index (χ0) is 10.1. The average Bonchev–Trinajstić information content (AvgIpc) is 2.14. The summed E-state index contributed by atoms with van der Waals surface area (Å²) in [5.41, 5.74) is 0. The lowest BCUT2D eigenvalue weighted by molar-refractivity contribution is -0.130. The molecule has 4 heteroatoms. The summed E-state index contributed by atoms with van der Waals surface area (Å²) in [4.78, 5) is 13.0. The Kier molecular flexibility index (Phi) is 7.63. The van der Waals surface area contributed by atoms with E-state index in [9.17, 15) is 4.79 Å². The van der Waals surface area contributed by atoms with Crippen molar-refractivity contribution in [1.82, 2.24) is 10.2 Å². The first kappa shape index (κ1) is 12.4. The van der Waals surface area contributed by atoms with Crippen molar-refractivity contribution >= 4 is 5.91 Å². The van der Waals surface area contributed by atoms with Gasteiger partial charge in [-0.25, -0.2) is 0 Å². The molecule has 78 valence electrons. The van der Waals surface area contributed by atoms with Crippen LogP contribution in [0.25, 0.3) is 0 Å². The summed E-state index contributed by atoms with van der Waals surface area (Å²) >= 11 is 0. The first-order valence-electron chi connectivity index (χ1n) is 4.68. The van der Waals surface area contributed by atoms with E-state index in [0.29, 0.717) is 26.2 Å². The van der Waals surface area contributed by atoms with E-state index in [-0.39, 0.29) is 5.91 Å². The van der Waals surface area contributed by atoms with Gasteiger partial charge < -0.3 is 15.0 Å². The maximum absolute atomic E-state index is 11.3. The number of likely N-dealkylation sites (N-methyl/N-ethyl adjacent to an activating group) is 1. The summed E-state index contributed by atoms with van der Waals surface area (Å²) in [6.45, 7) is 4.69. The van der Waals surface area contributed by atoms with Crippen LogP contribution in [-0.2, 0) is 9.53 Å². The fourth-order valence-electron chi connectivity index (χ4n) is 0.893. The van der Waals surface area contributed by atoms with Gasteiger partial charge in [0.15, 0.2) is 0 Å². The zero-order valence-corrected chi connectivity index (χ0v) is 8.80. The summed E-state index contributed by atoms with van der Waals surface area (Å²) in [7, 11) is 3.64. The van der Waals surface area contributed by atoms with Crippen molar-refractivity contribution in [3.05, 3.63) is 0 Å². The lowest BCUT2D eigenvalue weighted by Gasteiger charge is -2.16. The van der Waals surface area contributed by atoms with Gasteiger partial charge in [-0.2, -0.15) is 0 Å². The molecule has 0 radical (unpaired) electrons. The number of ether oxygens (including phenoxy) is 1. The molecule has 0 atom stereocenters. The molecule has 0 bridgehead atoms. The van der Waals surface area contributed by atoms with Gasteiger partial charge in [0.05, 0.1) is 6.61 Å². The number of hydrogen-bond acceptors (Lipinski definition) is 3. The summed E-state index contributed by atoms with van der Waals surface area (Å²) < 4.78 is 5.15. The molecule has 0 aliphatic heterocycles. The maximum atomic E-state index is 11.3. The molecule has 0 aliphatic rings. The number of amides is 1. The molecule has 0 heterocycles. The normalized spacial score (nSPS) is 10.1. The van der Waals surface area contributed by atoms with Crippen molar-refractivity contribution in [2.75, 3.05) is 40.4 Å². The third-order valence-electron chi connectivity index (χ3n) is 1.79. The van der Waals surface area contributed by atoms with Gasteiger partial charge in [-0.1, -0.05) is 0 Å². The third kappa shape index (κ3) is 6.54. The van der Waals surface area contributed by atoms with Gasteiger partial charge in [0, 0.05) is 33.2 Å². The summed E-state index contributed by atoms with van der Waals surface area (Å²) in [5, 5.41) is 2.94. The Morgan fingerprint density at radius 3 is 2.77 bits per heavy atom. The van der Waals surface area contributed by atoms with Gasteiger partial charge in [-0.15, -0.1) is 0 Å². The predicted octanol–water partition coefficient (Wildman–Crippen LogP) is 0.0908. The molecule has 0 rings (SSSR count). The lowest BCUT2D eigenvalue weighted by atomic mass is 10.3. The molecule has 0 unspecified atom stereocenters. The van der Waals surface area contributed by atoms with E-state index in [0.717, 1.165) is 6.54 Å². The second-order valence-corrected chi connectivity index (χ2v) is 2.87. The number of nitrogens with zero attached hydrogens (tertiary/aromatic N) is 1. The minimum atomic E-state index is 0.161. The highest BCUT2D eigenvalue weighted by atomic mass is 16.5. The number of rotatable bonds is 7. The quantitative estimate of drug-likeness (QED) is 0.576. The molecule has 1 amide bonds. The van der Waals surface area contributed by atoms with Crippen LogP contribution < -0.4 is 5.32 Å². The molecule has 0 saturated heterocycles. The highest BCUT2D eigenvalue weighted by molar-refractivity contribution is 5.76. The standard InChI is InChI=1S/C9H20N2O2/c1-4-13-8-7-11(3)9(12)5-6-10-2/h10H,4-8H2,1-3H3. The van der Waals surface area contributed by atoms with Gasteiger partial charge in [0.25, 0.3) is 0 Å². The van der Waals surface area contributed by atoms with E-state index in [1.807, 2.05) is 14.0 Å². The zero-order valence-electron chi connectivity index (χ0n) is 8.80. The highest BCUT2D eigenvalue weighted by Crippen LogP contribution is 1.89. The van der Waals surface area contributed by atoms with Crippen LogP contribution in [0.2, 0.25) is 0 Å². The number of hydrogen-bond donors (Lipinski definition) is 1. The Hall–Kier alpha value is -0.610. The lowest BCUT2D eigenvalue weighted by Crippen LogP contribution is -2.31. The smallest absolute Gasteiger partial charge is 0.223 e. The van der Waals surface area contributed by atoms with Crippen LogP contribution in [-0.4, -0.2) is 51.2 Å². The molecular weight excluding hydrogens is 168 g/mol. The van der Waals surface area contributed by atoms with Gasteiger partial charge in [0.2, 0.25) is 5.91 Å². The molecule has 0 aromatic heterocycles. The molecule has 0 aliphatic carbocycles. The molecule has 0 spiro atoms. The summed E-state index contributed by atoms with van der Waals surface area (Å²) in [6, 6.07) is 0.